The molecule has 0 bridgehead atoms. The Morgan fingerprint density at radius 2 is 2.15 bits per heavy atom. The van der Waals surface area contributed by atoms with Crippen LogP contribution in [0.1, 0.15) is 12.0 Å². The molecule has 0 saturated carbocycles. The molecule has 0 amide bonds. The van der Waals surface area contributed by atoms with Gasteiger partial charge in [-0.15, -0.1) is 0 Å². The first-order valence-electron chi connectivity index (χ1n) is 3.24. The molecule has 0 saturated heterocycles. The quantitative estimate of drug-likeness (QED) is 0.619. The fourth-order valence-electron chi connectivity index (χ4n) is 0.859. The van der Waals surface area contributed by atoms with Crippen molar-refractivity contribution in [3.8, 4) is 5.75 Å². The molecule has 0 unspecified atom stereocenters. The molecule has 72 valence electrons. The molecule has 2 nitrogen and oxygen atoms in total. The normalized spacial score (nSPS) is 10.6. The van der Waals surface area contributed by atoms with Crippen LogP contribution in [0.2, 0.25) is 0 Å². The van der Waals surface area contributed by atoms with Crippen LogP contribution in [0.3, 0.4) is 0 Å². The van der Waals surface area contributed by atoms with Crippen molar-refractivity contribution in [1.82, 2.24) is 4.98 Å². The van der Waals surface area contributed by atoms with Crippen LogP contribution in [0, 0.1) is 9.52 Å². The second-order valence-corrected chi connectivity index (χ2v) is 3.17. The second kappa shape index (κ2) is 4.12. The Bertz CT molecular complexity index is 319. The van der Waals surface area contributed by atoms with Gasteiger partial charge in [-0.25, -0.2) is 18.2 Å². The number of rotatable bonds is 2. The molecule has 0 atom stereocenters. The highest BCUT2D eigenvalue weighted by atomic mass is 127. The Hall–Kier alpha value is -0.530. The van der Waals surface area contributed by atoms with Gasteiger partial charge in [0.15, 0.2) is 11.6 Å². The lowest BCUT2D eigenvalue weighted by atomic mass is 10.2. The molecule has 0 aliphatic rings. The summed E-state index contributed by atoms with van der Waals surface area (Å²) in [5, 5.41) is 0. The van der Waals surface area contributed by atoms with Crippen molar-refractivity contribution in [2.75, 3.05) is 7.11 Å². The van der Waals surface area contributed by atoms with E-state index in [0.717, 1.165) is 6.20 Å². The van der Waals surface area contributed by atoms with Crippen LogP contribution in [0.4, 0.5) is 13.2 Å². The summed E-state index contributed by atoms with van der Waals surface area (Å²) in [4.78, 5) is 3.55. The van der Waals surface area contributed by atoms with Crippen LogP contribution < -0.4 is 4.74 Å². The van der Waals surface area contributed by atoms with Gasteiger partial charge >= 0.3 is 0 Å². The van der Waals surface area contributed by atoms with Crippen LogP contribution in [0.25, 0.3) is 0 Å². The summed E-state index contributed by atoms with van der Waals surface area (Å²) in [5.41, 5.74) is -0.734. The van der Waals surface area contributed by atoms with E-state index in [9.17, 15) is 13.2 Å². The Labute approximate surface area is 86.3 Å². The molecule has 0 N–H and O–H groups in total. The molecule has 1 aromatic heterocycles. The zero-order valence-corrected chi connectivity index (χ0v) is 8.68. The maximum absolute atomic E-state index is 12.8. The van der Waals surface area contributed by atoms with Crippen LogP contribution >= 0.6 is 22.6 Å². The van der Waals surface area contributed by atoms with Gasteiger partial charge in [0, 0.05) is 0 Å². The molecule has 1 heterocycles. The number of hydrogen-bond acceptors (Lipinski definition) is 2. The van der Waals surface area contributed by atoms with Crippen molar-refractivity contribution < 1.29 is 17.9 Å². The van der Waals surface area contributed by atoms with Gasteiger partial charge in [0.05, 0.1) is 18.9 Å². The molecule has 0 aliphatic heterocycles. The van der Waals surface area contributed by atoms with Gasteiger partial charge in [-0.1, -0.05) is 0 Å². The highest BCUT2D eigenvalue weighted by Gasteiger charge is 2.22. The minimum absolute atomic E-state index is 0.199. The van der Waals surface area contributed by atoms with Crippen molar-refractivity contribution in [3.63, 3.8) is 0 Å². The topological polar surface area (TPSA) is 22.1 Å². The van der Waals surface area contributed by atoms with Gasteiger partial charge in [-0.3, -0.25) is 0 Å². The van der Waals surface area contributed by atoms with E-state index in [1.54, 1.807) is 22.6 Å². The number of hydrogen-bond donors (Lipinski definition) is 0. The Morgan fingerprint density at radius 3 is 2.54 bits per heavy atom. The van der Waals surface area contributed by atoms with Crippen molar-refractivity contribution in [1.29, 1.82) is 0 Å². The molecule has 0 fully saturated rings. The van der Waals surface area contributed by atoms with E-state index in [0.29, 0.717) is 0 Å². The average Bonchev–Trinajstić information content (AvgIpc) is 2.07. The lowest BCUT2D eigenvalue weighted by Gasteiger charge is -2.09. The summed E-state index contributed by atoms with van der Waals surface area (Å²) >= 11 is 1.70. The molecule has 1 rings (SSSR count). The number of halogens is 4. The molecule has 0 aliphatic carbocycles. The first kappa shape index (κ1) is 10.6. The first-order chi connectivity index (χ1) is 6.07. The summed E-state index contributed by atoms with van der Waals surface area (Å²) in [7, 11) is 1.20. The predicted octanol–water partition coefficient (Wildman–Crippen LogP) is 2.77. The smallest absolute Gasteiger partial charge is 0.270 e. The molecule has 13 heavy (non-hydrogen) atoms. The van der Waals surface area contributed by atoms with E-state index in [1.807, 2.05) is 0 Å². The summed E-state index contributed by atoms with van der Waals surface area (Å²) in [6.45, 7) is 0. The third-order valence-corrected chi connectivity index (χ3v) is 2.17. The van der Waals surface area contributed by atoms with Gasteiger partial charge in [-0.2, -0.15) is 0 Å². The van der Waals surface area contributed by atoms with Crippen LogP contribution in [0.15, 0.2) is 6.20 Å². The highest BCUT2D eigenvalue weighted by molar-refractivity contribution is 14.1. The number of alkyl halides is 2. The lowest BCUT2D eigenvalue weighted by Crippen LogP contribution is -2.01. The Kier molecular flexibility index (Phi) is 3.34. The number of aromatic nitrogens is 1. The average molecular weight is 303 g/mol. The first-order valence-corrected chi connectivity index (χ1v) is 4.31. The van der Waals surface area contributed by atoms with Crippen LogP contribution in [-0.4, -0.2) is 12.1 Å². The summed E-state index contributed by atoms with van der Waals surface area (Å²) in [6.07, 6.45) is -2.14. The van der Waals surface area contributed by atoms with Crippen molar-refractivity contribution in [2.45, 2.75) is 6.43 Å². The SMILES string of the molecule is COc1c(I)ncc(F)c1C(F)F. The maximum Gasteiger partial charge on any atom is 0.270 e. The van der Waals surface area contributed by atoms with Crippen LogP contribution in [-0.2, 0) is 0 Å². The van der Waals surface area contributed by atoms with E-state index in [2.05, 4.69) is 9.72 Å². The second-order valence-electron chi connectivity index (χ2n) is 2.14. The number of nitrogens with zero attached hydrogens (tertiary/aromatic N) is 1. The fourth-order valence-corrected chi connectivity index (χ4v) is 1.51. The van der Waals surface area contributed by atoms with E-state index < -0.39 is 17.8 Å². The van der Waals surface area contributed by atoms with Gasteiger partial charge in [0.2, 0.25) is 0 Å². The molecule has 0 aromatic carbocycles. The monoisotopic (exact) mass is 303 g/mol. The third kappa shape index (κ3) is 2.04. The molecule has 1 aromatic rings. The Morgan fingerprint density at radius 1 is 1.54 bits per heavy atom. The predicted molar refractivity (Wildman–Crippen MR) is 48.4 cm³/mol. The van der Waals surface area contributed by atoms with Crippen molar-refractivity contribution in [3.05, 3.63) is 21.3 Å². The van der Waals surface area contributed by atoms with Crippen molar-refractivity contribution >= 4 is 22.6 Å². The number of ether oxygens (including phenoxy) is 1. The summed E-state index contributed by atoms with van der Waals surface area (Å²) in [6, 6.07) is 0. The molecule has 0 spiro atoms. The summed E-state index contributed by atoms with van der Waals surface area (Å²) in [5.74, 6) is -1.25. The van der Waals surface area contributed by atoms with Crippen molar-refractivity contribution in [2.24, 2.45) is 0 Å². The van der Waals surface area contributed by atoms with Gasteiger partial charge in [0.25, 0.3) is 6.43 Å². The molecular weight excluding hydrogens is 298 g/mol. The summed E-state index contributed by atoms with van der Waals surface area (Å²) < 4.78 is 42.3. The number of methoxy groups -OCH3 is 1. The van der Waals surface area contributed by atoms with E-state index in [1.165, 1.54) is 7.11 Å². The van der Waals surface area contributed by atoms with Crippen LogP contribution in [0.5, 0.6) is 5.75 Å². The van der Waals surface area contributed by atoms with E-state index >= 15 is 0 Å². The largest absolute Gasteiger partial charge is 0.493 e. The zero-order chi connectivity index (χ0) is 10.0. The maximum atomic E-state index is 12.8. The van der Waals surface area contributed by atoms with E-state index in [-0.39, 0.29) is 9.45 Å². The number of pyridine rings is 1. The minimum Gasteiger partial charge on any atom is -0.493 e. The van der Waals surface area contributed by atoms with E-state index in [4.69, 9.17) is 0 Å². The molecule has 0 radical (unpaired) electrons. The molecule has 6 heteroatoms. The van der Waals surface area contributed by atoms with Gasteiger partial charge < -0.3 is 4.74 Å². The van der Waals surface area contributed by atoms with Gasteiger partial charge in [0.1, 0.15) is 3.70 Å². The lowest BCUT2D eigenvalue weighted by molar-refractivity contribution is 0.141. The molecular formula is C7H5F3INO. The standard InChI is InChI=1S/C7H5F3INO/c1-13-5-4(6(9)10)3(8)2-12-7(5)11/h2,6H,1H3. The fraction of sp³-hybridized carbons (Fsp3) is 0.286. The zero-order valence-electron chi connectivity index (χ0n) is 6.52. The highest BCUT2D eigenvalue weighted by Crippen LogP contribution is 2.33. The minimum atomic E-state index is -2.90. The van der Waals surface area contributed by atoms with Gasteiger partial charge in [-0.05, 0) is 22.6 Å². The Balaban J connectivity index is 3.35. The third-order valence-electron chi connectivity index (χ3n) is 1.40.